The third kappa shape index (κ3) is 4.28. The fourth-order valence-electron chi connectivity index (χ4n) is 1.36. The Morgan fingerprint density at radius 2 is 2.00 bits per heavy atom. The molecule has 1 atom stereocenters. The van der Waals surface area contributed by atoms with E-state index in [4.69, 9.17) is 20.6 Å². The number of hydrogen-bond acceptors (Lipinski definition) is 3. The van der Waals surface area contributed by atoms with Gasteiger partial charge in [-0.05, 0) is 40.3 Å². The second-order valence-corrected chi connectivity index (χ2v) is 5.80. The van der Waals surface area contributed by atoms with Crippen molar-refractivity contribution >= 4 is 20.1 Å². The van der Waals surface area contributed by atoms with Crippen LogP contribution in [0, 0.1) is 0 Å². The molecule has 0 saturated heterocycles. The summed E-state index contributed by atoms with van der Waals surface area (Å²) in [6.07, 6.45) is 4.21. The Morgan fingerprint density at radius 3 is 2.53 bits per heavy atom. The van der Waals surface area contributed by atoms with Crippen molar-refractivity contribution in [1.29, 1.82) is 0 Å². The van der Waals surface area contributed by atoms with E-state index in [9.17, 15) is 0 Å². The molecule has 0 aliphatic heterocycles. The molecule has 0 aromatic carbocycles. The molecule has 0 spiro atoms. The van der Waals surface area contributed by atoms with Gasteiger partial charge in [-0.2, -0.15) is 0 Å². The first kappa shape index (κ1) is 13.2. The van der Waals surface area contributed by atoms with E-state index in [1.807, 2.05) is 25.7 Å². The molecule has 3 nitrogen and oxygen atoms in total. The lowest BCUT2D eigenvalue weighted by Gasteiger charge is -2.25. The van der Waals surface area contributed by atoms with Crippen LogP contribution in [0.5, 0.6) is 0 Å². The van der Waals surface area contributed by atoms with Crippen LogP contribution in [0.4, 0.5) is 0 Å². The topological polar surface area (TPSA) is 21.7 Å². The summed E-state index contributed by atoms with van der Waals surface area (Å²) in [5.74, 6) is 0.927. The minimum atomic E-state index is -0.978. The standard InChI is InChI=1S/C10H19ClNO2P/c1-4-13-15(12(2)3)14-10-8-6-5-7-9(10)11/h4-8H2,1-3H3. The maximum absolute atomic E-state index is 6.12. The first-order chi connectivity index (χ1) is 7.15. The lowest BCUT2D eigenvalue weighted by Crippen LogP contribution is -2.10. The van der Waals surface area contributed by atoms with Gasteiger partial charge in [-0.25, -0.2) is 4.67 Å². The Hall–Kier alpha value is 0.180. The number of allylic oxidation sites excluding steroid dienone is 2. The van der Waals surface area contributed by atoms with Gasteiger partial charge < -0.3 is 9.05 Å². The summed E-state index contributed by atoms with van der Waals surface area (Å²) in [6, 6.07) is 0. The molecule has 0 aromatic heterocycles. The van der Waals surface area contributed by atoms with E-state index < -0.39 is 8.53 Å². The largest absolute Gasteiger partial charge is 0.439 e. The van der Waals surface area contributed by atoms with E-state index in [0.717, 1.165) is 30.1 Å². The maximum Gasteiger partial charge on any atom is 0.320 e. The third-order valence-corrected chi connectivity index (χ3v) is 4.02. The molecule has 1 aliphatic carbocycles. The second kappa shape index (κ2) is 6.70. The van der Waals surface area contributed by atoms with Crippen LogP contribution in [-0.2, 0) is 9.05 Å². The molecule has 5 heteroatoms. The average molecular weight is 252 g/mol. The average Bonchev–Trinajstić information content (AvgIpc) is 2.20. The monoisotopic (exact) mass is 251 g/mol. The molecule has 0 bridgehead atoms. The van der Waals surface area contributed by atoms with Gasteiger partial charge in [-0.15, -0.1) is 0 Å². The molecule has 0 amide bonds. The summed E-state index contributed by atoms with van der Waals surface area (Å²) in [6.45, 7) is 2.63. The van der Waals surface area contributed by atoms with Gasteiger partial charge in [-0.1, -0.05) is 11.6 Å². The van der Waals surface area contributed by atoms with Crippen LogP contribution in [0.25, 0.3) is 0 Å². The van der Waals surface area contributed by atoms with Crippen LogP contribution < -0.4 is 0 Å². The highest BCUT2D eigenvalue weighted by molar-refractivity contribution is 7.44. The third-order valence-electron chi connectivity index (χ3n) is 2.11. The molecule has 1 aliphatic rings. The van der Waals surface area contributed by atoms with Crippen LogP contribution in [0.15, 0.2) is 10.8 Å². The summed E-state index contributed by atoms with van der Waals surface area (Å²) in [7, 11) is 2.94. The van der Waals surface area contributed by atoms with Gasteiger partial charge >= 0.3 is 8.53 Å². The minimum Gasteiger partial charge on any atom is -0.439 e. The van der Waals surface area contributed by atoms with Crippen LogP contribution in [-0.4, -0.2) is 25.4 Å². The van der Waals surface area contributed by atoms with Crippen molar-refractivity contribution in [2.24, 2.45) is 0 Å². The smallest absolute Gasteiger partial charge is 0.320 e. The molecular formula is C10H19ClNO2P. The lowest BCUT2D eigenvalue weighted by atomic mass is 10.1. The molecule has 0 radical (unpaired) electrons. The van der Waals surface area contributed by atoms with Gasteiger partial charge in [0, 0.05) is 6.42 Å². The van der Waals surface area contributed by atoms with Crippen molar-refractivity contribution in [3.05, 3.63) is 10.8 Å². The van der Waals surface area contributed by atoms with E-state index in [1.165, 1.54) is 6.42 Å². The van der Waals surface area contributed by atoms with Crippen LogP contribution in [0.2, 0.25) is 0 Å². The van der Waals surface area contributed by atoms with E-state index in [-0.39, 0.29) is 0 Å². The van der Waals surface area contributed by atoms with E-state index >= 15 is 0 Å². The van der Waals surface area contributed by atoms with Crippen molar-refractivity contribution in [2.75, 3.05) is 20.7 Å². The molecule has 0 N–H and O–H groups in total. The van der Waals surface area contributed by atoms with Crippen molar-refractivity contribution in [3.63, 3.8) is 0 Å². The summed E-state index contributed by atoms with van der Waals surface area (Å²) in [4.78, 5) is 0. The number of rotatable bonds is 5. The predicted molar refractivity (Wildman–Crippen MR) is 64.7 cm³/mol. The van der Waals surface area contributed by atoms with Gasteiger partial charge in [0.1, 0.15) is 5.76 Å². The van der Waals surface area contributed by atoms with E-state index in [2.05, 4.69) is 0 Å². The predicted octanol–water partition coefficient (Wildman–Crippen LogP) is 3.85. The Bertz CT molecular complexity index is 233. The Morgan fingerprint density at radius 1 is 1.33 bits per heavy atom. The van der Waals surface area contributed by atoms with Crippen LogP contribution in [0.3, 0.4) is 0 Å². The fraction of sp³-hybridized carbons (Fsp3) is 0.800. The highest BCUT2D eigenvalue weighted by atomic mass is 35.5. The summed E-state index contributed by atoms with van der Waals surface area (Å²) in [5.41, 5.74) is 0. The van der Waals surface area contributed by atoms with Gasteiger partial charge in [0.05, 0.1) is 11.6 Å². The summed E-state index contributed by atoms with van der Waals surface area (Å²) in [5, 5.41) is 0.871. The summed E-state index contributed by atoms with van der Waals surface area (Å²) >= 11 is 6.12. The zero-order chi connectivity index (χ0) is 11.3. The number of halogens is 1. The maximum atomic E-state index is 6.12. The van der Waals surface area contributed by atoms with Gasteiger partial charge in [0.25, 0.3) is 0 Å². The molecule has 1 rings (SSSR count). The van der Waals surface area contributed by atoms with E-state index in [1.54, 1.807) is 0 Å². The van der Waals surface area contributed by atoms with Gasteiger partial charge in [-0.3, -0.25) is 0 Å². The van der Waals surface area contributed by atoms with Crippen LogP contribution >= 0.6 is 20.1 Å². The molecule has 15 heavy (non-hydrogen) atoms. The fourth-order valence-corrected chi connectivity index (χ4v) is 2.74. The van der Waals surface area contributed by atoms with E-state index in [0.29, 0.717) is 6.61 Å². The SMILES string of the molecule is CCOP(OC1=C(Cl)CCCC1)N(C)C. The first-order valence-electron chi connectivity index (χ1n) is 5.31. The minimum absolute atomic E-state index is 0.661. The number of hydrogen-bond donors (Lipinski definition) is 0. The Kier molecular flexibility index (Phi) is 5.91. The molecule has 1 unspecified atom stereocenters. The van der Waals surface area contributed by atoms with Crippen molar-refractivity contribution in [2.45, 2.75) is 32.6 Å². The molecule has 0 saturated carbocycles. The first-order valence-corrected chi connectivity index (χ1v) is 6.81. The molecular weight excluding hydrogens is 233 g/mol. The zero-order valence-corrected chi connectivity index (χ0v) is 11.3. The van der Waals surface area contributed by atoms with Gasteiger partial charge in [0.15, 0.2) is 0 Å². The van der Waals surface area contributed by atoms with Gasteiger partial charge in [0.2, 0.25) is 0 Å². The second-order valence-electron chi connectivity index (χ2n) is 3.63. The quantitative estimate of drug-likeness (QED) is 0.693. The molecule has 88 valence electrons. The highest BCUT2D eigenvalue weighted by Crippen LogP contribution is 2.45. The van der Waals surface area contributed by atoms with Crippen LogP contribution in [0.1, 0.15) is 32.6 Å². The number of nitrogens with zero attached hydrogens (tertiary/aromatic N) is 1. The molecule has 0 fully saturated rings. The zero-order valence-electron chi connectivity index (χ0n) is 9.62. The van der Waals surface area contributed by atoms with Crippen molar-refractivity contribution in [3.8, 4) is 0 Å². The molecule has 0 heterocycles. The van der Waals surface area contributed by atoms with Crippen molar-refractivity contribution < 1.29 is 9.05 Å². The highest BCUT2D eigenvalue weighted by Gasteiger charge is 2.20. The molecule has 0 aromatic rings. The summed E-state index contributed by atoms with van der Waals surface area (Å²) < 4.78 is 13.3. The normalized spacial score (nSPS) is 19.5. The lowest BCUT2D eigenvalue weighted by molar-refractivity contribution is 0.258. The Labute approximate surface area is 98.3 Å². The van der Waals surface area contributed by atoms with Crippen molar-refractivity contribution in [1.82, 2.24) is 4.67 Å². The Balaban J connectivity index is 2.56.